The first kappa shape index (κ1) is 14.0. The maximum Gasteiger partial charge on any atom is 0.115 e. The highest BCUT2D eigenvalue weighted by atomic mass is 35.5. The zero-order chi connectivity index (χ0) is 13.5. The number of nitrogens with one attached hydrogen (secondary N) is 1. The number of hydrogen-bond acceptors (Lipinski definition) is 3. The van der Waals surface area contributed by atoms with Gasteiger partial charge in [0.15, 0.2) is 0 Å². The summed E-state index contributed by atoms with van der Waals surface area (Å²) in [6.45, 7) is 2.94. The zero-order valence-corrected chi connectivity index (χ0v) is 11.8. The third kappa shape index (κ3) is 4.30. The fourth-order valence-corrected chi connectivity index (χ4v) is 2.15. The summed E-state index contributed by atoms with van der Waals surface area (Å²) in [5.41, 5.74) is 2.27. The van der Waals surface area contributed by atoms with Crippen molar-refractivity contribution in [1.82, 2.24) is 15.3 Å². The lowest BCUT2D eigenvalue weighted by molar-refractivity contribution is 0.489. The molecule has 100 valence electrons. The van der Waals surface area contributed by atoms with E-state index in [2.05, 4.69) is 34.3 Å². The Morgan fingerprint density at radius 3 is 2.63 bits per heavy atom. The first-order valence-corrected chi connectivity index (χ1v) is 6.91. The van der Waals surface area contributed by atoms with Gasteiger partial charge in [0.25, 0.3) is 0 Å². The predicted molar refractivity (Wildman–Crippen MR) is 78.0 cm³/mol. The van der Waals surface area contributed by atoms with Crippen molar-refractivity contribution in [3.8, 4) is 0 Å². The minimum atomic E-state index is 0.331. The van der Waals surface area contributed by atoms with Crippen molar-refractivity contribution in [2.45, 2.75) is 32.4 Å². The number of aromatic nitrogens is 2. The first-order valence-electron chi connectivity index (χ1n) is 6.53. The Bertz CT molecular complexity index is 485. The van der Waals surface area contributed by atoms with Crippen LogP contribution in [-0.2, 0) is 6.54 Å². The summed E-state index contributed by atoms with van der Waals surface area (Å²) in [5, 5.41) is 4.31. The lowest BCUT2D eigenvalue weighted by Gasteiger charge is -2.18. The first-order chi connectivity index (χ1) is 9.29. The van der Waals surface area contributed by atoms with E-state index in [4.69, 9.17) is 11.6 Å². The Morgan fingerprint density at radius 1 is 1.21 bits per heavy atom. The van der Waals surface area contributed by atoms with Gasteiger partial charge in [0.2, 0.25) is 0 Å². The maximum absolute atomic E-state index is 5.93. The molecule has 4 heteroatoms. The summed E-state index contributed by atoms with van der Waals surface area (Å²) >= 11 is 5.93. The highest BCUT2D eigenvalue weighted by Crippen LogP contribution is 2.21. The monoisotopic (exact) mass is 275 g/mol. The quantitative estimate of drug-likeness (QED) is 0.872. The number of halogens is 1. The normalized spacial score (nSPS) is 12.3. The largest absolute Gasteiger partial charge is 0.304 e. The van der Waals surface area contributed by atoms with Crippen LogP contribution in [0.5, 0.6) is 0 Å². The molecule has 0 saturated carbocycles. The van der Waals surface area contributed by atoms with Crippen molar-refractivity contribution < 1.29 is 0 Å². The number of benzene rings is 1. The van der Waals surface area contributed by atoms with Gasteiger partial charge in [-0.05, 0) is 30.2 Å². The molecule has 0 bridgehead atoms. The average molecular weight is 276 g/mol. The van der Waals surface area contributed by atoms with E-state index in [0.717, 1.165) is 30.1 Å². The molecule has 2 aromatic rings. The lowest BCUT2D eigenvalue weighted by atomic mass is 10.0. The van der Waals surface area contributed by atoms with Crippen molar-refractivity contribution in [1.29, 1.82) is 0 Å². The highest BCUT2D eigenvalue weighted by Gasteiger charge is 2.10. The van der Waals surface area contributed by atoms with Crippen LogP contribution in [0.2, 0.25) is 5.02 Å². The third-order valence-corrected chi connectivity index (χ3v) is 3.27. The summed E-state index contributed by atoms with van der Waals surface area (Å²) in [7, 11) is 0. The van der Waals surface area contributed by atoms with Crippen LogP contribution in [0.4, 0.5) is 0 Å². The highest BCUT2D eigenvalue weighted by molar-refractivity contribution is 6.30. The minimum absolute atomic E-state index is 0.331. The van der Waals surface area contributed by atoms with Crippen LogP contribution in [-0.4, -0.2) is 9.97 Å². The number of rotatable bonds is 6. The molecule has 1 atom stereocenters. The molecular formula is C15H18ClN3. The number of nitrogens with zero attached hydrogens (tertiary/aromatic N) is 2. The lowest BCUT2D eigenvalue weighted by Crippen LogP contribution is -2.21. The van der Waals surface area contributed by atoms with Crippen molar-refractivity contribution in [3.63, 3.8) is 0 Å². The molecule has 1 heterocycles. The van der Waals surface area contributed by atoms with Crippen LogP contribution in [0.25, 0.3) is 0 Å². The van der Waals surface area contributed by atoms with E-state index in [1.807, 2.05) is 18.2 Å². The standard InChI is InChI=1S/C15H18ClN3/c1-2-3-15(12-4-6-13(16)7-5-12)18-10-14-8-9-17-11-19-14/h4-9,11,15,18H,2-3,10H2,1H3. The predicted octanol–water partition coefficient (Wildman–Crippen LogP) is 3.76. The second-order valence-corrected chi connectivity index (χ2v) is 4.91. The second-order valence-electron chi connectivity index (χ2n) is 4.47. The van der Waals surface area contributed by atoms with Gasteiger partial charge in [0, 0.05) is 23.8 Å². The molecule has 0 fully saturated rings. The van der Waals surface area contributed by atoms with Gasteiger partial charge in [-0.25, -0.2) is 9.97 Å². The Labute approximate surface area is 119 Å². The van der Waals surface area contributed by atoms with Gasteiger partial charge < -0.3 is 5.32 Å². The van der Waals surface area contributed by atoms with E-state index in [9.17, 15) is 0 Å². The molecule has 1 aromatic carbocycles. The Morgan fingerprint density at radius 2 is 2.00 bits per heavy atom. The van der Waals surface area contributed by atoms with Gasteiger partial charge >= 0.3 is 0 Å². The van der Waals surface area contributed by atoms with Crippen molar-refractivity contribution in [3.05, 3.63) is 59.1 Å². The smallest absolute Gasteiger partial charge is 0.115 e. The van der Waals surface area contributed by atoms with E-state index in [0.29, 0.717) is 6.04 Å². The summed E-state index contributed by atoms with van der Waals surface area (Å²) in [5.74, 6) is 0. The van der Waals surface area contributed by atoms with Crippen LogP contribution >= 0.6 is 11.6 Å². The van der Waals surface area contributed by atoms with Gasteiger partial charge in [-0.2, -0.15) is 0 Å². The van der Waals surface area contributed by atoms with Gasteiger partial charge in [-0.3, -0.25) is 0 Å². The van der Waals surface area contributed by atoms with E-state index in [-0.39, 0.29) is 0 Å². The molecule has 1 aromatic heterocycles. The Balaban J connectivity index is 2.02. The van der Waals surface area contributed by atoms with E-state index in [1.165, 1.54) is 5.56 Å². The molecule has 1 unspecified atom stereocenters. The summed E-state index contributed by atoms with van der Waals surface area (Å²) in [4.78, 5) is 8.15. The molecule has 0 aliphatic heterocycles. The van der Waals surface area contributed by atoms with E-state index >= 15 is 0 Å². The maximum atomic E-state index is 5.93. The Hall–Kier alpha value is -1.45. The van der Waals surface area contributed by atoms with Gasteiger partial charge in [0.1, 0.15) is 6.33 Å². The van der Waals surface area contributed by atoms with E-state index in [1.54, 1.807) is 12.5 Å². The van der Waals surface area contributed by atoms with Gasteiger partial charge in [0.05, 0.1) is 5.69 Å². The molecule has 0 saturated heterocycles. The minimum Gasteiger partial charge on any atom is -0.304 e. The van der Waals surface area contributed by atoms with Crippen molar-refractivity contribution in [2.75, 3.05) is 0 Å². The van der Waals surface area contributed by atoms with Crippen molar-refractivity contribution in [2.24, 2.45) is 0 Å². The number of hydrogen-bond donors (Lipinski definition) is 1. The SMILES string of the molecule is CCCC(NCc1ccncn1)c1ccc(Cl)cc1. The molecule has 3 nitrogen and oxygen atoms in total. The molecule has 19 heavy (non-hydrogen) atoms. The topological polar surface area (TPSA) is 37.8 Å². The van der Waals surface area contributed by atoms with Gasteiger partial charge in [-0.1, -0.05) is 37.1 Å². The molecule has 0 aliphatic carbocycles. The summed E-state index contributed by atoms with van der Waals surface area (Å²) in [6.07, 6.45) is 5.56. The third-order valence-electron chi connectivity index (χ3n) is 3.02. The van der Waals surface area contributed by atoms with Crippen molar-refractivity contribution >= 4 is 11.6 Å². The van der Waals surface area contributed by atoms with Crippen LogP contribution in [0.3, 0.4) is 0 Å². The average Bonchev–Trinajstić information content (AvgIpc) is 2.46. The van der Waals surface area contributed by atoms with Crippen LogP contribution in [0.1, 0.15) is 37.1 Å². The fraction of sp³-hybridized carbons (Fsp3) is 0.333. The van der Waals surface area contributed by atoms with Crippen LogP contribution < -0.4 is 5.32 Å². The van der Waals surface area contributed by atoms with E-state index < -0.39 is 0 Å². The van der Waals surface area contributed by atoms with Crippen LogP contribution in [0, 0.1) is 0 Å². The molecule has 0 spiro atoms. The Kier molecular flexibility index (Phi) is 5.31. The summed E-state index contributed by atoms with van der Waals surface area (Å²) in [6, 6.07) is 10.3. The molecule has 0 aliphatic rings. The molecular weight excluding hydrogens is 258 g/mol. The molecule has 1 N–H and O–H groups in total. The fourth-order valence-electron chi connectivity index (χ4n) is 2.02. The molecule has 0 radical (unpaired) electrons. The molecule has 2 rings (SSSR count). The second kappa shape index (κ2) is 7.22. The molecule has 0 amide bonds. The summed E-state index contributed by atoms with van der Waals surface area (Å²) < 4.78 is 0. The van der Waals surface area contributed by atoms with Gasteiger partial charge in [-0.15, -0.1) is 0 Å². The van der Waals surface area contributed by atoms with Crippen LogP contribution in [0.15, 0.2) is 42.9 Å². The zero-order valence-electron chi connectivity index (χ0n) is 11.0.